The lowest BCUT2D eigenvalue weighted by atomic mass is 9.64. The van der Waals surface area contributed by atoms with Crippen LogP contribution in [0.2, 0.25) is 0 Å². The summed E-state index contributed by atoms with van der Waals surface area (Å²) in [4.78, 5) is 24.1. The van der Waals surface area contributed by atoms with Crippen LogP contribution in [0.25, 0.3) is 0 Å². The van der Waals surface area contributed by atoms with Crippen molar-refractivity contribution in [3.8, 4) is 0 Å². The first-order valence-corrected chi connectivity index (χ1v) is 5.99. The van der Waals surface area contributed by atoms with Crippen LogP contribution in [0.1, 0.15) is 6.42 Å². The summed E-state index contributed by atoms with van der Waals surface area (Å²) >= 11 is 6.13. The number of esters is 1. The largest absolute Gasteiger partial charge is 0.469 e. The number of ketones is 1. The number of allylic oxidation sites excluding steroid dienone is 1. The number of Topliss-reactive ketones (excluding diaryl/α,β-unsaturated/α-hetero) is 1. The fourth-order valence-corrected chi connectivity index (χ4v) is 3.25. The first-order chi connectivity index (χ1) is 8.51. The van der Waals surface area contributed by atoms with Gasteiger partial charge in [0.1, 0.15) is 0 Å². The molecule has 0 aromatic heterocycles. The number of halogens is 1. The molecule has 1 saturated carbocycles. The molecule has 0 spiro atoms. The fraction of sp³-hybridized carbons (Fsp3) is 0.667. The molecule has 0 aliphatic heterocycles. The summed E-state index contributed by atoms with van der Waals surface area (Å²) in [6.45, 7) is 0. The lowest BCUT2D eigenvalue weighted by molar-refractivity contribution is -0.241. The van der Waals surface area contributed by atoms with E-state index in [4.69, 9.17) is 25.8 Å². The quantitative estimate of drug-likeness (QED) is 0.570. The van der Waals surface area contributed by atoms with Crippen LogP contribution in [0, 0.1) is 17.8 Å². The smallest absolute Gasteiger partial charge is 0.309 e. The van der Waals surface area contributed by atoms with E-state index < -0.39 is 29.5 Å². The molecule has 6 heteroatoms. The summed E-state index contributed by atoms with van der Waals surface area (Å²) in [5.74, 6) is -3.66. The van der Waals surface area contributed by atoms with Gasteiger partial charge in [0.05, 0.1) is 24.9 Å². The molecule has 0 heterocycles. The van der Waals surface area contributed by atoms with Crippen LogP contribution >= 0.6 is 11.6 Å². The van der Waals surface area contributed by atoms with Crippen LogP contribution in [0.5, 0.6) is 0 Å². The summed E-state index contributed by atoms with van der Waals surface area (Å²) in [7, 11) is 4.11. The molecule has 0 aromatic carbocycles. The zero-order valence-electron chi connectivity index (χ0n) is 10.4. The van der Waals surface area contributed by atoms with Crippen molar-refractivity contribution in [2.75, 3.05) is 21.3 Å². The van der Waals surface area contributed by atoms with Gasteiger partial charge in [-0.3, -0.25) is 9.59 Å². The van der Waals surface area contributed by atoms with Gasteiger partial charge >= 0.3 is 5.97 Å². The van der Waals surface area contributed by atoms with E-state index in [0.717, 1.165) is 0 Å². The van der Waals surface area contributed by atoms with Gasteiger partial charge in [-0.2, -0.15) is 0 Å². The molecule has 5 nitrogen and oxygen atoms in total. The Kier molecular flexibility index (Phi) is 3.49. The second-order valence-corrected chi connectivity index (χ2v) is 4.87. The average molecular weight is 275 g/mol. The van der Waals surface area contributed by atoms with Crippen LogP contribution in [0.15, 0.2) is 11.1 Å². The number of hydrogen-bond donors (Lipinski definition) is 0. The molecule has 3 atom stereocenters. The predicted octanol–water partition coefficient (Wildman–Crippen LogP) is 1.11. The zero-order valence-corrected chi connectivity index (χ0v) is 11.2. The highest BCUT2D eigenvalue weighted by Crippen LogP contribution is 2.50. The third kappa shape index (κ3) is 1.61. The van der Waals surface area contributed by atoms with Gasteiger partial charge in [0.25, 0.3) is 0 Å². The van der Waals surface area contributed by atoms with Crippen LogP contribution in [-0.4, -0.2) is 38.9 Å². The molecule has 3 aliphatic carbocycles. The van der Waals surface area contributed by atoms with Crippen LogP contribution in [-0.2, 0) is 23.8 Å². The Morgan fingerprint density at radius 2 is 2.00 bits per heavy atom. The zero-order chi connectivity index (χ0) is 13.5. The molecule has 0 N–H and O–H groups in total. The van der Waals surface area contributed by atoms with Gasteiger partial charge in [0, 0.05) is 19.3 Å². The van der Waals surface area contributed by atoms with Gasteiger partial charge in [-0.1, -0.05) is 17.7 Å². The minimum absolute atomic E-state index is 0.274. The van der Waals surface area contributed by atoms with Crippen molar-refractivity contribution in [1.29, 1.82) is 0 Å². The van der Waals surface area contributed by atoms with Crippen LogP contribution < -0.4 is 0 Å². The molecule has 2 bridgehead atoms. The number of fused-ring (bicyclic) bond motifs is 2. The number of methoxy groups -OCH3 is 3. The van der Waals surface area contributed by atoms with Crippen LogP contribution in [0.4, 0.5) is 0 Å². The SMILES string of the molecule is COC(=O)[C@H]1C[C@H]2C(Cl)=C[C@@H]1C(=O)C2(OC)OC. The molecule has 1 fully saturated rings. The van der Waals surface area contributed by atoms with Gasteiger partial charge in [-0.25, -0.2) is 0 Å². The van der Waals surface area contributed by atoms with Crippen molar-refractivity contribution in [3.05, 3.63) is 11.1 Å². The van der Waals surface area contributed by atoms with Gasteiger partial charge in [-0.15, -0.1) is 0 Å². The number of hydrogen-bond acceptors (Lipinski definition) is 5. The number of rotatable bonds is 3. The van der Waals surface area contributed by atoms with Crippen molar-refractivity contribution in [1.82, 2.24) is 0 Å². The second kappa shape index (κ2) is 4.64. The Morgan fingerprint density at radius 3 is 2.50 bits per heavy atom. The summed E-state index contributed by atoms with van der Waals surface area (Å²) < 4.78 is 15.2. The molecule has 0 unspecified atom stereocenters. The molecular formula is C12H15ClO5. The molecule has 3 rings (SSSR count). The van der Waals surface area contributed by atoms with Gasteiger partial charge in [0.15, 0.2) is 5.78 Å². The summed E-state index contributed by atoms with van der Waals surface area (Å²) in [5, 5.41) is 0.503. The Hall–Kier alpha value is -0.910. The van der Waals surface area contributed by atoms with E-state index in [2.05, 4.69) is 0 Å². The van der Waals surface area contributed by atoms with E-state index in [1.807, 2.05) is 0 Å². The summed E-state index contributed by atoms with van der Waals surface area (Å²) in [6, 6.07) is 0. The standard InChI is InChI=1S/C12H15ClO5/c1-16-11(15)7-4-8-9(13)5-6(7)10(14)12(8,17-2)18-3/h5-8H,4H2,1-3H3/t6-,7-,8-/m0/s1. The number of ether oxygens (including phenoxy) is 3. The van der Waals surface area contributed by atoms with Crippen molar-refractivity contribution >= 4 is 23.4 Å². The van der Waals surface area contributed by atoms with E-state index in [-0.39, 0.29) is 5.78 Å². The summed E-state index contributed by atoms with van der Waals surface area (Å²) in [6.07, 6.45) is 2.00. The van der Waals surface area contributed by atoms with E-state index in [0.29, 0.717) is 11.5 Å². The van der Waals surface area contributed by atoms with Crippen molar-refractivity contribution in [3.63, 3.8) is 0 Å². The first kappa shape index (κ1) is 13.5. The third-order valence-electron chi connectivity index (χ3n) is 3.81. The van der Waals surface area contributed by atoms with Gasteiger partial charge in [-0.05, 0) is 6.42 Å². The monoisotopic (exact) mass is 274 g/mol. The minimum atomic E-state index is -1.37. The number of carbonyl (C=O) groups excluding carboxylic acids is 2. The molecule has 0 amide bonds. The number of carbonyl (C=O) groups is 2. The molecule has 100 valence electrons. The maximum atomic E-state index is 12.4. The van der Waals surface area contributed by atoms with Gasteiger partial charge in [0.2, 0.25) is 5.79 Å². The second-order valence-electron chi connectivity index (χ2n) is 4.44. The minimum Gasteiger partial charge on any atom is -0.469 e. The van der Waals surface area contributed by atoms with Crippen LogP contribution in [0.3, 0.4) is 0 Å². The maximum Gasteiger partial charge on any atom is 0.309 e. The highest BCUT2D eigenvalue weighted by atomic mass is 35.5. The van der Waals surface area contributed by atoms with Gasteiger partial charge < -0.3 is 14.2 Å². The molecular weight excluding hydrogens is 260 g/mol. The Labute approximate surface area is 110 Å². The average Bonchev–Trinajstić information content (AvgIpc) is 2.39. The molecule has 0 saturated heterocycles. The molecule has 18 heavy (non-hydrogen) atoms. The molecule has 3 aliphatic rings. The third-order valence-corrected chi connectivity index (χ3v) is 4.20. The van der Waals surface area contributed by atoms with E-state index >= 15 is 0 Å². The maximum absolute atomic E-state index is 12.4. The highest BCUT2D eigenvalue weighted by Gasteiger charge is 2.61. The van der Waals surface area contributed by atoms with Crippen molar-refractivity contribution in [2.45, 2.75) is 12.2 Å². The Bertz CT molecular complexity index is 413. The van der Waals surface area contributed by atoms with E-state index in [1.54, 1.807) is 6.08 Å². The molecule has 0 aromatic rings. The molecule has 0 radical (unpaired) electrons. The fourth-order valence-electron chi connectivity index (χ4n) is 2.88. The topological polar surface area (TPSA) is 61.8 Å². The predicted molar refractivity (Wildman–Crippen MR) is 62.8 cm³/mol. The normalized spacial score (nSPS) is 33.2. The Morgan fingerprint density at radius 1 is 1.39 bits per heavy atom. The summed E-state index contributed by atoms with van der Waals surface area (Å²) in [5.41, 5.74) is 0. The van der Waals surface area contributed by atoms with Crippen molar-refractivity contribution in [2.24, 2.45) is 17.8 Å². The highest BCUT2D eigenvalue weighted by molar-refractivity contribution is 6.31. The van der Waals surface area contributed by atoms with E-state index in [9.17, 15) is 9.59 Å². The lowest BCUT2D eigenvalue weighted by Gasteiger charge is -2.48. The Balaban J connectivity index is 2.42. The van der Waals surface area contributed by atoms with Crippen molar-refractivity contribution < 1.29 is 23.8 Å². The first-order valence-electron chi connectivity index (χ1n) is 5.61. The van der Waals surface area contributed by atoms with E-state index in [1.165, 1.54) is 21.3 Å². The lowest BCUT2D eigenvalue weighted by Crippen LogP contribution is -2.61.